The molecule has 15 heteroatoms. The predicted octanol–water partition coefficient (Wildman–Crippen LogP) is -2.17. The maximum absolute atomic E-state index is 12.8. The number of halogens is 6. The highest BCUT2D eigenvalue weighted by molar-refractivity contribution is 6.48. The van der Waals surface area contributed by atoms with Gasteiger partial charge in [-0.1, -0.05) is 0 Å². The summed E-state index contributed by atoms with van der Waals surface area (Å²) in [6.45, 7) is 6.12. The molecule has 0 bridgehead atoms. The van der Waals surface area contributed by atoms with Crippen LogP contribution in [0.1, 0.15) is 20.8 Å². The minimum absolute atomic E-state index is 0.263. The fraction of sp³-hybridized carbons (Fsp3) is 0.917. The van der Waals surface area contributed by atoms with Crippen molar-refractivity contribution in [3.05, 3.63) is 0 Å². The second kappa shape index (κ2) is 6.88. The number of hydrogen-bond acceptors (Lipinski definition) is 3. The highest BCUT2D eigenvalue weighted by atomic mass is 19.4. The van der Waals surface area contributed by atoms with Crippen LogP contribution in [0.5, 0.6) is 0 Å². The number of ether oxygens (including phenoxy) is 1. The van der Waals surface area contributed by atoms with Crippen molar-refractivity contribution in [3.8, 4) is 0 Å². The van der Waals surface area contributed by atoms with Gasteiger partial charge in [-0.25, -0.2) is 4.79 Å². The maximum atomic E-state index is 12.8. The van der Waals surface area contributed by atoms with E-state index in [4.69, 9.17) is 0 Å². The molecule has 0 aromatic heterocycles. The molecule has 0 N–H and O–H groups in total. The summed E-state index contributed by atoms with van der Waals surface area (Å²) in [6.07, 6.45) is -17.3. The van der Waals surface area contributed by atoms with Gasteiger partial charge < -0.3 is 14.5 Å². The van der Waals surface area contributed by atoms with Crippen LogP contribution in [0.4, 0.5) is 31.1 Å². The van der Waals surface area contributed by atoms with Crippen molar-refractivity contribution in [3.63, 3.8) is 0 Å². The van der Waals surface area contributed by atoms with Gasteiger partial charge in [0.25, 0.3) is 6.10 Å². The number of hydrogen-bond donors (Lipinski definition) is 0. The molecule has 150 valence electrons. The van der Waals surface area contributed by atoms with Crippen LogP contribution in [0.2, 0.25) is 0 Å². The molecule has 0 radical (unpaired) electrons. The van der Waals surface area contributed by atoms with E-state index in [1.54, 1.807) is 39.2 Å². The SMILES string of the molecule is BC1N(C(C)(C)C)CC(B)(B)N(C(=O)OC(C(F)(F)F)C(F)(F)F)C1(B)B. The number of amides is 1. The zero-order chi connectivity index (χ0) is 21.8. The summed E-state index contributed by atoms with van der Waals surface area (Å²) in [4.78, 5) is 15.6. The first kappa shape index (κ1) is 24.2. The average molecular weight is 395 g/mol. The van der Waals surface area contributed by atoms with Gasteiger partial charge in [-0.2, -0.15) is 26.3 Å². The molecule has 1 heterocycles. The van der Waals surface area contributed by atoms with Crippen LogP contribution in [-0.2, 0) is 4.74 Å². The van der Waals surface area contributed by atoms with Crippen molar-refractivity contribution < 1.29 is 35.9 Å². The number of piperazine rings is 1. The molecule has 1 aliphatic heterocycles. The third-order valence-corrected chi connectivity index (χ3v) is 5.09. The molecule has 1 amide bonds. The van der Waals surface area contributed by atoms with Crippen LogP contribution in [-0.4, -0.2) is 102 Å². The summed E-state index contributed by atoms with van der Waals surface area (Å²) in [5.41, 5.74) is -0.315. The van der Waals surface area contributed by atoms with Crippen LogP contribution in [0.15, 0.2) is 0 Å². The van der Waals surface area contributed by atoms with Crippen molar-refractivity contribution >= 4 is 45.3 Å². The van der Waals surface area contributed by atoms with E-state index >= 15 is 0 Å². The number of carbonyl (C=O) groups is 1. The van der Waals surface area contributed by atoms with Gasteiger partial charge in [0.15, 0.2) is 0 Å². The zero-order valence-electron chi connectivity index (χ0n) is 16.8. The topological polar surface area (TPSA) is 32.8 Å². The molecule has 0 spiro atoms. The van der Waals surface area contributed by atoms with Gasteiger partial charge >= 0.3 is 18.4 Å². The van der Waals surface area contributed by atoms with Gasteiger partial charge in [-0.3, -0.25) is 0 Å². The Kier molecular flexibility index (Phi) is 6.16. The molecule has 0 saturated carbocycles. The van der Waals surface area contributed by atoms with Crippen LogP contribution in [0.3, 0.4) is 0 Å². The molecule has 1 aliphatic rings. The lowest BCUT2D eigenvalue weighted by atomic mass is 9.44. The number of alkyl halides is 6. The van der Waals surface area contributed by atoms with Crippen molar-refractivity contribution in [1.82, 2.24) is 9.80 Å². The van der Waals surface area contributed by atoms with Gasteiger partial charge in [0.05, 0.1) is 0 Å². The van der Waals surface area contributed by atoms with E-state index in [9.17, 15) is 31.1 Å². The summed E-state index contributed by atoms with van der Waals surface area (Å²) in [5.74, 6) is -0.340. The maximum Gasteiger partial charge on any atom is 0.434 e. The first-order valence-electron chi connectivity index (χ1n) is 8.54. The number of nitrogens with zero attached hydrogens (tertiary/aromatic N) is 2. The molecule has 1 fully saturated rings. The predicted molar refractivity (Wildman–Crippen MR) is 103 cm³/mol. The first-order valence-corrected chi connectivity index (χ1v) is 8.54. The first-order chi connectivity index (χ1) is 11.6. The van der Waals surface area contributed by atoms with E-state index in [1.807, 2.05) is 20.8 Å². The van der Waals surface area contributed by atoms with Crippen LogP contribution in [0, 0.1) is 0 Å². The van der Waals surface area contributed by atoms with Gasteiger partial charge in [-0.05, 0) is 37.4 Å². The molecule has 1 unspecified atom stereocenters. The van der Waals surface area contributed by atoms with E-state index in [0.29, 0.717) is 0 Å². The van der Waals surface area contributed by atoms with E-state index in [-0.39, 0.29) is 18.0 Å². The van der Waals surface area contributed by atoms with Gasteiger partial charge in [0.1, 0.15) is 39.2 Å². The van der Waals surface area contributed by atoms with Gasteiger partial charge in [0, 0.05) is 12.1 Å². The molecule has 4 nitrogen and oxygen atoms in total. The Hall–Kier alpha value is -0.865. The Balaban J connectivity index is 3.29. The fourth-order valence-electron chi connectivity index (χ4n) is 3.75. The summed E-state index contributed by atoms with van der Waals surface area (Å²) in [7, 11) is 8.18. The summed E-state index contributed by atoms with van der Waals surface area (Å²) < 4.78 is 80.8. The molecule has 0 aromatic rings. The lowest BCUT2D eigenvalue weighted by molar-refractivity contribution is -0.309. The molecule has 1 rings (SSSR count). The standard InChI is InChI=1S/C12H23B5F6N2O2/c1-8(2,3)24-4-9(14,15)25(10(16,17)6(24)13)7(26)27-5(11(18,19)20)12(21,22)23/h5-6H,4,13-17H2,1-3H3. The molecule has 0 aromatic carbocycles. The molecule has 1 saturated heterocycles. The molecular formula is C12H23B5F6N2O2. The Morgan fingerprint density at radius 2 is 1.44 bits per heavy atom. The second-order valence-corrected chi connectivity index (χ2v) is 9.12. The Morgan fingerprint density at radius 3 is 1.78 bits per heavy atom. The monoisotopic (exact) mass is 396 g/mol. The van der Waals surface area contributed by atoms with Crippen LogP contribution < -0.4 is 0 Å². The van der Waals surface area contributed by atoms with E-state index < -0.39 is 35.2 Å². The highest BCUT2D eigenvalue weighted by Crippen LogP contribution is 2.39. The van der Waals surface area contributed by atoms with E-state index in [0.717, 1.165) is 4.90 Å². The van der Waals surface area contributed by atoms with Crippen LogP contribution in [0.25, 0.3) is 0 Å². The number of rotatable bonds is 1. The quantitative estimate of drug-likeness (QED) is 0.374. The Labute approximate surface area is 159 Å². The summed E-state index contributed by atoms with van der Waals surface area (Å²) >= 11 is 0. The third kappa shape index (κ3) is 4.95. The average Bonchev–Trinajstić information content (AvgIpc) is 2.35. The number of carbonyl (C=O) groups excluding carboxylic acids is 1. The lowest BCUT2D eigenvalue weighted by Gasteiger charge is -2.63. The molecule has 0 aliphatic carbocycles. The van der Waals surface area contributed by atoms with E-state index in [1.165, 1.54) is 0 Å². The van der Waals surface area contributed by atoms with Crippen molar-refractivity contribution in [2.24, 2.45) is 0 Å². The van der Waals surface area contributed by atoms with Crippen molar-refractivity contribution in [2.75, 3.05) is 6.54 Å². The second-order valence-electron chi connectivity index (χ2n) is 9.12. The van der Waals surface area contributed by atoms with Crippen molar-refractivity contribution in [1.29, 1.82) is 0 Å². The molecule has 1 atom stereocenters. The smallest absolute Gasteiger partial charge is 0.427 e. The highest BCUT2D eigenvalue weighted by Gasteiger charge is 2.61. The third-order valence-electron chi connectivity index (χ3n) is 5.09. The van der Waals surface area contributed by atoms with Crippen molar-refractivity contribution in [2.45, 2.75) is 61.4 Å². The Bertz CT molecular complexity index is 564. The summed E-state index contributed by atoms with van der Waals surface area (Å²) in [5, 5.41) is -2.13. The minimum atomic E-state index is -5.75. The molecular weight excluding hydrogens is 372 g/mol. The fourth-order valence-corrected chi connectivity index (χ4v) is 3.75. The van der Waals surface area contributed by atoms with Gasteiger partial charge in [-0.15, -0.1) is 0 Å². The summed E-state index contributed by atoms with van der Waals surface area (Å²) in [6, 6.07) is 0. The largest absolute Gasteiger partial charge is 0.434 e. The molecule has 27 heavy (non-hydrogen) atoms. The Morgan fingerprint density at radius 1 is 1.04 bits per heavy atom. The lowest BCUT2D eigenvalue weighted by Crippen LogP contribution is -2.81. The van der Waals surface area contributed by atoms with E-state index in [2.05, 4.69) is 9.64 Å². The minimum Gasteiger partial charge on any atom is -0.427 e. The normalized spacial score (nSPS) is 24.1. The van der Waals surface area contributed by atoms with Gasteiger partial charge in [0.2, 0.25) is 0 Å². The zero-order valence-corrected chi connectivity index (χ0v) is 16.8. The van der Waals surface area contributed by atoms with Crippen LogP contribution >= 0.6 is 0 Å².